The standard InChI is InChI=1S/C10H20O2/c1-4-6-7-8-10(5-2)12-9(3)11/h10H,4-8H2,1-3H3. The fourth-order valence-corrected chi connectivity index (χ4v) is 1.20. The lowest BCUT2D eigenvalue weighted by Gasteiger charge is -2.14. The predicted molar refractivity (Wildman–Crippen MR) is 50.0 cm³/mol. The Morgan fingerprint density at radius 3 is 2.42 bits per heavy atom. The van der Waals surface area contributed by atoms with Crippen molar-refractivity contribution in [2.24, 2.45) is 0 Å². The summed E-state index contributed by atoms with van der Waals surface area (Å²) in [4.78, 5) is 10.6. The fourth-order valence-electron chi connectivity index (χ4n) is 1.20. The molecule has 0 spiro atoms. The van der Waals surface area contributed by atoms with E-state index in [4.69, 9.17) is 4.74 Å². The maximum atomic E-state index is 10.6. The van der Waals surface area contributed by atoms with E-state index in [-0.39, 0.29) is 12.1 Å². The molecular weight excluding hydrogens is 152 g/mol. The van der Waals surface area contributed by atoms with E-state index in [1.165, 1.54) is 26.2 Å². The van der Waals surface area contributed by atoms with E-state index < -0.39 is 0 Å². The van der Waals surface area contributed by atoms with E-state index in [2.05, 4.69) is 13.8 Å². The topological polar surface area (TPSA) is 26.3 Å². The average Bonchev–Trinajstić information content (AvgIpc) is 2.02. The first-order valence-corrected chi connectivity index (χ1v) is 4.87. The number of ether oxygens (including phenoxy) is 1. The second-order valence-electron chi connectivity index (χ2n) is 3.14. The molecule has 1 unspecified atom stereocenters. The van der Waals surface area contributed by atoms with Crippen molar-refractivity contribution in [2.45, 2.75) is 59.0 Å². The first kappa shape index (κ1) is 11.5. The molecule has 0 aliphatic carbocycles. The Morgan fingerprint density at radius 2 is 2.00 bits per heavy atom. The first-order chi connectivity index (χ1) is 5.70. The Bertz CT molecular complexity index is 121. The molecule has 0 N–H and O–H groups in total. The van der Waals surface area contributed by atoms with Crippen molar-refractivity contribution in [2.75, 3.05) is 0 Å². The van der Waals surface area contributed by atoms with Crippen LogP contribution in [0.2, 0.25) is 0 Å². The van der Waals surface area contributed by atoms with Crippen LogP contribution in [-0.4, -0.2) is 12.1 Å². The van der Waals surface area contributed by atoms with Crippen LogP contribution < -0.4 is 0 Å². The van der Waals surface area contributed by atoms with Crippen LogP contribution in [0.3, 0.4) is 0 Å². The third-order valence-corrected chi connectivity index (χ3v) is 1.92. The molecule has 0 heterocycles. The molecule has 0 aliphatic rings. The van der Waals surface area contributed by atoms with Crippen molar-refractivity contribution in [1.82, 2.24) is 0 Å². The normalized spacial score (nSPS) is 12.6. The summed E-state index contributed by atoms with van der Waals surface area (Å²) >= 11 is 0. The highest BCUT2D eigenvalue weighted by Crippen LogP contribution is 2.09. The maximum absolute atomic E-state index is 10.6. The lowest BCUT2D eigenvalue weighted by atomic mass is 10.1. The number of hydrogen-bond acceptors (Lipinski definition) is 2. The fraction of sp³-hybridized carbons (Fsp3) is 0.900. The Morgan fingerprint density at radius 1 is 1.33 bits per heavy atom. The molecule has 0 rings (SSSR count). The van der Waals surface area contributed by atoms with Crippen molar-refractivity contribution in [3.8, 4) is 0 Å². The second kappa shape index (κ2) is 7.14. The summed E-state index contributed by atoms with van der Waals surface area (Å²) in [6.45, 7) is 5.70. The van der Waals surface area contributed by atoms with Gasteiger partial charge in [0.15, 0.2) is 0 Å². The lowest BCUT2D eigenvalue weighted by Crippen LogP contribution is -2.14. The molecule has 2 nitrogen and oxygen atoms in total. The van der Waals surface area contributed by atoms with Crippen LogP contribution in [0.5, 0.6) is 0 Å². The predicted octanol–water partition coefficient (Wildman–Crippen LogP) is 2.91. The van der Waals surface area contributed by atoms with Gasteiger partial charge < -0.3 is 4.74 Å². The highest BCUT2D eigenvalue weighted by Gasteiger charge is 2.07. The van der Waals surface area contributed by atoms with Crippen LogP contribution in [0.1, 0.15) is 52.9 Å². The van der Waals surface area contributed by atoms with Gasteiger partial charge in [0.2, 0.25) is 0 Å². The average molecular weight is 172 g/mol. The molecular formula is C10H20O2. The molecule has 2 heteroatoms. The Kier molecular flexibility index (Phi) is 6.82. The molecule has 0 radical (unpaired) electrons. The second-order valence-corrected chi connectivity index (χ2v) is 3.14. The minimum Gasteiger partial charge on any atom is -0.463 e. The van der Waals surface area contributed by atoms with Gasteiger partial charge in [-0.15, -0.1) is 0 Å². The Hall–Kier alpha value is -0.530. The number of esters is 1. The summed E-state index contributed by atoms with van der Waals surface area (Å²) < 4.78 is 5.11. The van der Waals surface area contributed by atoms with E-state index in [0.29, 0.717) is 0 Å². The van der Waals surface area contributed by atoms with Gasteiger partial charge in [0.1, 0.15) is 6.10 Å². The highest BCUT2D eigenvalue weighted by molar-refractivity contribution is 5.66. The van der Waals surface area contributed by atoms with Crippen molar-refractivity contribution in [3.63, 3.8) is 0 Å². The quantitative estimate of drug-likeness (QED) is 0.455. The van der Waals surface area contributed by atoms with Crippen molar-refractivity contribution in [1.29, 1.82) is 0 Å². The molecule has 0 bridgehead atoms. The van der Waals surface area contributed by atoms with Gasteiger partial charge in [-0.05, 0) is 19.3 Å². The van der Waals surface area contributed by atoms with E-state index >= 15 is 0 Å². The molecule has 0 aromatic heterocycles. The number of unbranched alkanes of at least 4 members (excludes halogenated alkanes) is 2. The highest BCUT2D eigenvalue weighted by atomic mass is 16.5. The zero-order valence-electron chi connectivity index (χ0n) is 8.43. The van der Waals surface area contributed by atoms with Crippen LogP contribution in [0.25, 0.3) is 0 Å². The number of carbonyl (C=O) groups is 1. The van der Waals surface area contributed by atoms with Gasteiger partial charge in [0.05, 0.1) is 0 Å². The molecule has 0 amide bonds. The van der Waals surface area contributed by atoms with Crippen LogP contribution in [-0.2, 0) is 9.53 Å². The largest absolute Gasteiger partial charge is 0.463 e. The Balaban J connectivity index is 3.46. The molecule has 0 aromatic carbocycles. The molecule has 0 aromatic rings. The van der Waals surface area contributed by atoms with Gasteiger partial charge in [-0.2, -0.15) is 0 Å². The van der Waals surface area contributed by atoms with Crippen LogP contribution in [0.15, 0.2) is 0 Å². The zero-order chi connectivity index (χ0) is 9.40. The SMILES string of the molecule is CCCCCC(CC)OC(C)=O. The van der Waals surface area contributed by atoms with Gasteiger partial charge in [-0.1, -0.05) is 26.7 Å². The monoisotopic (exact) mass is 172 g/mol. The van der Waals surface area contributed by atoms with Gasteiger partial charge in [0.25, 0.3) is 0 Å². The minimum absolute atomic E-state index is 0.147. The van der Waals surface area contributed by atoms with Gasteiger partial charge in [0, 0.05) is 6.92 Å². The van der Waals surface area contributed by atoms with Crippen LogP contribution in [0.4, 0.5) is 0 Å². The summed E-state index contributed by atoms with van der Waals surface area (Å²) in [7, 11) is 0. The number of hydrogen-bond donors (Lipinski definition) is 0. The van der Waals surface area contributed by atoms with Crippen molar-refractivity contribution >= 4 is 5.97 Å². The van der Waals surface area contributed by atoms with Gasteiger partial charge in [-0.25, -0.2) is 0 Å². The number of carbonyl (C=O) groups excluding carboxylic acids is 1. The third-order valence-electron chi connectivity index (χ3n) is 1.92. The third kappa shape index (κ3) is 6.20. The maximum Gasteiger partial charge on any atom is 0.302 e. The zero-order valence-corrected chi connectivity index (χ0v) is 8.43. The minimum atomic E-state index is -0.154. The van der Waals surface area contributed by atoms with Crippen molar-refractivity contribution < 1.29 is 9.53 Å². The molecule has 72 valence electrons. The molecule has 0 saturated carbocycles. The Labute approximate surface area is 75.3 Å². The lowest BCUT2D eigenvalue weighted by molar-refractivity contribution is -0.146. The van der Waals surface area contributed by atoms with Gasteiger partial charge >= 0.3 is 5.97 Å². The van der Waals surface area contributed by atoms with Crippen LogP contribution in [0, 0.1) is 0 Å². The molecule has 0 saturated heterocycles. The van der Waals surface area contributed by atoms with Crippen molar-refractivity contribution in [3.05, 3.63) is 0 Å². The van der Waals surface area contributed by atoms with E-state index in [0.717, 1.165) is 12.8 Å². The molecule has 0 fully saturated rings. The summed E-state index contributed by atoms with van der Waals surface area (Å²) in [5.41, 5.74) is 0. The van der Waals surface area contributed by atoms with E-state index in [9.17, 15) is 4.79 Å². The number of rotatable bonds is 6. The summed E-state index contributed by atoms with van der Waals surface area (Å²) in [6, 6.07) is 0. The molecule has 1 atom stereocenters. The summed E-state index contributed by atoms with van der Waals surface area (Å²) in [6.07, 6.45) is 5.72. The first-order valence-electron chi connectivity index (χ1n) is 4.87. The van der Waals surface area contributed by atoms with E-state index in [1.54, 1.807) is 0 Å². The van der Waals surface area contributed by atoms with Gasteiger partial charge in [-0.3, -0.25) is 4.79 Å². The molecule has 12 heavy (non-hydrogen) atoms. The summed E-state index contributed by atoms with van der Waals surface area (Å²) in [5, 5.41) is 0. The smallest absolute Gasteiger partial charge is 0.302 e. The van der Waals surface area contributed by atoms with Crippen LogP contribution >= 0.6 is 0 Å². The van der Waals surface area contributed by atoms with E-state index in [1.807, 2.05) is 0 Å². The summed E-state index contributed by atoms with van der Waals surface area (Å²) in [5.74, 6) is -0.154. The molecule has 0 aliphatic heterocycles.